The summed E-state index contributed by atoms with van der Waals surface area (Å²) in [5, 5.41) is 11.8. The van der Waals surface area contributed by atoms with Crippen LogP contribution in [0.3, 0.4) is 0 Å². The van der Waals surface area contributed by atoms with E-state index in [0.717, 1.165) is 60.9 Å². The van der Waals surface area contributed by atoms with Crippen molar-refractivity contribution in [3.63, 3.8) is 0 Å². The van der Waals surface area contributed by atoms with Gasteiger partial charge in [-0.25, -0.2) is 0 Å². The highest BCUT2D eigenvalue weighted by Crippen LogP contribution is 2.52. The first-order valence-corrected chi connectivity index (χ1v) is 19.2. The molecular formula is C52H28N2O2. The zero-order valence-corrected chi connectivity index (χ0v) is 29.9. The monoisotopic (exact) mass is 712 g/mol. The average Bonchev–Trinajstić information content (AvgIpc) is 3.98. The molecule has 0 radical (unpaired) electrons. The SMILES string of the molecule is c1ccc(-c2cccc(-n3c4ccccc4c4cc5c(cc43)c3ccccc3n5-c3cc4ccc5oc6cccc7c6c5c4c4c3oc3cccc-7c34)c2)cc1. The molecule has 0 saturated carbocycles. The predicted octanol–water partition coefficient (Wildman–Crippen LogP) is 14.5. The number of hydrogen-bond donors (Lipinski definition) is 0. The Kier molecular flexibility index (Phi) is 5.23. The third-order valence-corrected chi connectivity index (χ3v) is 12.4. The molecule has 13 aromatic rings. The van der Waals surface area contributed by atoms with E-state index in [9.17, 15) is 0 Å². The van der Waals surface area contributed by atoms with Crippen LogP contribution in [0.1, 0.15) is 0 Å². The van der Waals surface area contributed by atoms with Crippen LogP contribution in [0, 0.1) is 0 Å². The average molecular weight is 713 g/mol. The molecular weight excluding hydrogens is 685 g/mol. The molecule has 0 amide bonds. The lowest BCUT2D eigenvalue weighted by molar-refractivity contribution is 0.667. The predicted molar refractivity (Wildman–Crippen MR) is 232 cm³/mol. The maximum absolute atomic E-state index is 7.06. The lowest BCUT2D eigenvalue weighted by Gasteiger charge is -2.12. The summed E-state index contributed by atoms with van der Waals surface area (Å²) >= 11 is 0. The fourth-order valence-electron chi connectivity index (χ4n) is 10.1. The molecule has 4 nitrogen and oxygen atoms in total. The first-order valence-electron chi connectivity index (χ1n) is 19.2. The van der Waals surface area contributed by atoms with Crippen LogP contribution in [0.25, 0.3) is 132 Å². The highest BCUT2D eigenvalue weighted by atomic mass is 16.3. The van der Waals surface area contributed by atoms with Gasteiger partial charge in [-0.2, -0.15) is 0 Å². The van der Waals surface area contributed by atoms with E-state index < -0.39 is 0 Å². The highest BCUT2D eigenvalue weighted by molar-refractivity contribution is 6.38. The summed E-state index contributed by atoms with van der Waals surface area (Å²) in [6.45, 7) is 0. The molecule has 4 heteroatoms. The van der Waals surface area contributed by atoms with Gasteiger partial charge in [-0.15, -0.1) is 0 Å². The molecule has 0 N–H and O–H groups in total. The zero-order chi connectivity index (χ0) is 36.2. The molecule has 0 bridgehead atoms. The maximum Gasteiger partial charge on any atom is 0.160 e. The van der Waals surface area contributed by atoms with Crippen molar-refractivity contribution in [2.45, 2.75) is 0 Å². The molecule has 0 unspecified atom stereocenters. The normalized spacial score (nSPS) is 12.6. The first-order chi connectivity index (χ1) is 27.8. The van der Waals surface area contributed by atoms with Crippen LogP contribution >= 0.6 is 0 Å². The van der Waals surface area contributed by atoms with Crippen molar-refractivity contribution in [1.29, 1.82) is 0 Å². The molecule has 1 aliphatic carbocycles. The molecule has 0 atom stereocenters. The molecule has 56 heavy (non-hydrogen) atoms. The van der Waals surface area contributed by atoms with Crippen molar-refractivity contribution in [1.82, 2.24) is 9.13 Å². The minimum atomic E-state index is 0.887. The van der Waals surface area contributed by atoms with E-state index in [-0.39, 0.29) is 0 Å². The third kappa shape index (κ3) is 3.50. The minimum absolute atomic E-state index is 0.887. The van der Waals surface area contributed by atoms with Crippen LogP contribution < -0.4 is 0 Å². The Morgan fingerprint density at radius 3 is 1.71 bits per heavy atom. The van der Waals surface area contributed by atoms with Crippen molar-refractivity contribution < 1.29 is 8.83 Å². The van der Waals surface area contributed by atoms with Crippen molar-refractivity contribution in [3.8, 4) is 33.6 Å². The van der Waals surface area contributed by atoms with E-state index in [1.807, 2.05) is 0 Å². The fraction of sp³-hybridized carbons (Fsp3) is 0. The minimum Gasteiger partial charge on any atom is -0.456 e. The van der Waals surface area contributed by atoms with Crippen LogP contribution in [-0.2, 0) is 0 Å². The van der Waals surface area contributed by atoms with Crippen molar-refractivity contribution in [2.24, 2.45) is 0 Å². The topological polar surface area (TPSA) is 36.1 Å². The van der Waals surface area contributed by atoms with Gasteiger partial charge in [-0.1, -0.05) is 109 Å². The fourth-order valence-corrected chi connectivity index (χ4v) is 10.1. The van der Waals surface area contributed by atoms with Crippen LogP contribution in [0.15, 0.2) is 179 Å². The second-order valence-corrected chi connectivity index (χ2v) is 15.2. The molecule has 258 valence electrons. The van der Waals surface area contributed by atoms with Gasteiger partial charge in [0.15, 0.2) is 5.58 Å². The van der Waals surface area contributed by atoms with Crippen LogP contribution in [0.5, 0.6) is 0 Å². The highest BCUT2D eigenvalue weighted by Gasteiger charge is 2.28. The van der Waals surface area contributed by atoms with Gasteiger partial charge in [0.25, 0.3) is 0 Å². The summed E-state index contributed by atoms with van der Waals surface area (Å²) in [6.07, 6.45) is 0. The van der Waals surface area contributed by atoms with Crippen molar-refractivity contribution >= 4 is 98.3 Å². The summed E-state index contributed by atoms with van der Waals surface area (Å²) in [6, 6.07) is 61.5. The number of rotatable bonds is 3. The van der Waals surface area contributed by atoms with Gasteiger partial charge in [0, 0.05) is 54.2 Å². The summed E-state index contributed by atoms with van der Waals surface area (Å²) < 4.78 is 18.4. The van der Waals surface area contributed by atoms with Gasteiger partial charge in [0.1, 0.15) is 16.7 Å². The Morgan fingerprint density at radius 1 is 0.339 bits per heavy atom. The molecule has 0 spiro atoms. The van der Waals surface area contributed by atoms with Gasteiger partial charge < -0.3 is 18.0 Å². The van der Waals surface area contributed by atoms with Gasteiger partial charge >= 0.3 is 0 Å². The Bertz CT molecular complexity index is 3870. The van der Waals surface area contributed by atoms with E-state index in [1.165, 1.54) is 71.0 Å². The number of hydrogen-bond acceptors (Lipinski definition) is 2. The smallest absolute Gasteiger partial charge is 0.160 e. The maximum atomic E-state index is 7.06. The quantitative estimate of drug-likeness (QED) is 0.183. The molecule has 9 aromatic carbocycles. The van der Waals surface area contributed by atoms with Crippen LogP contribution in [0.2, 0.25) is 0 Å². The Labute approximate surface area is 318 Å². The molecule has 1 aliphatic rings. The summed E-state index contributed by atoms with van der Waals surface area (Å²) in [4.78, 5) is 0. The lowest BCUT2D eigenvalue weighted by Crippen LogP contribution is -1.96. The number of para-hydroxylation sites is 2. The largest absolute Gasteiger partial charge is 0.456 e. The van der Waals surface area contributed by atoms with Crippen LogP contribution in [-0.4, -0.2) is 9.13 Å². The van der Waals surface area contributed by atoms with E-state index >= 15 is 0 Å². The van der Waals surface area contributed by atoms with Crippen molar-refractivity contribution in [2.75, 3.05) is 0 Å². The van der Waals surface area contributed by atoms with E-state index in [2.05, 4.69) is 179 Å². The Balaban J connectivity index is 1.13. The second kappa shape index (κ2) is 10.1. The Hall–Kier alpha value is -7.56. The first kappa shape index (κ1) is 28.9. The van der Waals surface area contributed by atoms with Gasteiger partial charge in [-0.05, 0) is 88.3 Å². The van der Waals surface area contributed by atoms with E-state index in [1.54, 1.807) is 0 Å². The number of fused-ring (bicyclic) bond motifs is 7. The molecule has 0 fully saturated rings. The van der Waals surface area contributed by atoms with Gasteiger partial charge in [-0.3, -0.25) is 0 Å². The summed E-state index contributed by atoms with van der Waals surface area (Å²) in [5.74, 6) is 0. The van der Waals surface area contributed by atoms with E-state index in [4.69, 9.17) is 8.83 Å². The lowest BCUT2D eigenvalue weighted by atomic mass is 9.98. The molecule has 0 aliphatic heterocycles. The Morgan fingerprint density at radius 2 is 0.946 bits per heavy atom. The van der Waals surface area contributed by atoms with Crippen molar-refractivity contribution in [3.05, 3.63) is 170 Å². The number of benzene rings is 9. The van der Waals surface area contributed by atoms with Gasteiger partial charge in [0.2, 0.25) is 0 Å². The molecule has 0 saturated heterocycles. The van der Waals surface area contributed by atoms with Crippen LogP contribution in [0.4, 0.5) is 0 Å². The second-order valence-electron chi connectivity index (χ2n) is 15.2. The zero-order valence-electron chi connectivity index (χ0n) is 29.9. The molecule has 4 aromatic heterocycles. The summed E-state index contributed by atoms with van der Waals surface area (Å²) in [5.41, 5.74) is 15.2. The van der Waals surface area contributed by atoms with Gasteiger partial charge in [0.05, 0.1) is 27.8 Å². The number of furan rings is 2. The number of aromatic nitrogens is 2. The molecule has 14 rings (SSSR count). The number of nitrogens with zero attached hydrogens (tertiary/aromatic N) is 2. The standard InChI is InChI=1S/C52H28N2O2/c1-2-11-29(12-3-1)30-13-8-14-32(25-30)53-39-19-6-4-15-33(39)37-28-42-38(27-41(37)53)34-16-5-7-20-40(34)54(42)43-26-31-23-24-46-50-47(31)51-49-36(18-10-22-45(49)56-52(43)51)35-17-9-21-44(55-46)48(35)50/h1-28H. The molecule has 4 heterocycles. The van der Waals surface area contributed by atoms with E-state index in [0.29, 0.717) is 0 Å². The summed E-state index contributed by atoms with van der Waals surface area (Å²) in [7, 11) is 0. The third-order valence-electron chi connectivity index (χ3n) is 12.4.